The number of nitrogen functional groups attached to an aromatic ring is 1. The molecule has 1 amide bonds. The molecule has 1 heterocycles. The Bertz CT molecular complexity index is 438. The molecule has 9 nitrogen and oxygen atoms in total. The molecule has 1 aromatic rings. The number of hydrogen-bond acceptors (Lipinski definition) is 8. The predicted octanol–water partition coefficient (Wildman–Crippen LogP) is -0.744. The number of primary amides is 1. The summed E-state index contributed by atoms with van der Waals surface area (Å²) in [6.07, 6.45) is 0. The van der Waals surface area contributed by atoms with Gasteiger partial charge in [-0.3, -0.25) is 10.2 Å². The second-order valence-corrected chi connectivity index (χ2v) is 4.01. The Morgan fingerprint density at radius 1 is 1.42 bits per heavy atom. The smallest absolute Gasteiger partial charge is 0.323 e. The molecular weight excluding hydrogens is 250 g/mol. The molecule has 0 aliphatic rings. The van der Waals surface area contributed by atoms with Gasteiger partial charge >= 0.3 is 6.01 Å². The largest absolute Gasteiger partial charge is 0.464 e. The zero-order valence-corrected chi connectivity index (χ0v) is 11.3. The van der Waals surface area contributed by atoms with E-state index in [1.165, 1.54) is 0 Å². The molecule has 0 saturated heterocycles. The first kappa shape index (κ1) is 14.9. The van der Waals surface area contributed by atoms with Crippen molar-refractivity contribution in [1.82, 2.24) is 15.0 Å². The molecule has 0 aliphatic heterocycles. The zero-order chi connectivity index (χ0) is 14.4. The van der Waals surface area contributed by atoms with Crippen LogP contribution in [0.4, 0.5) is 11.9 Å². The summed E-state index contributed by atoms with van der Waals surface area (Å²) in [5.74, 6) is 5.25. The number of aromatic nitrogens is 3. The van der Waals surface area contributed by atoms with Crippen LogP contribution in [0.15, 0.2) is 0 Å². The number of rotatable bonds is 7. The highest BCUT2D eigenvalue weighted by molar-refractivity contribution is 5.79. The van der Waals surface area contributed by atoms with Crippen molar-refractivity contribution in [2.24, 2.45) is 11.6 Å². The molecule has 1 aromatic heterocycles. The van der Waals surface area contributed by atoms with E-state index < -0.39 is 5.91 Å². The van der Waals surface area contributed by atoms with Crippen LogP contribution in [0.5, 0.6) is 6.01 Å². The number of carbonyl (C=O) groups is 1. The highest BCUT2D eigenvalue weighted by Crippen LogP contribution is 2.16. The summed E-state index contributed by atoms with van der Waals surface area (Å²) >= 11 is 0. The first-order chi connectivity index (χ1) is 8.97. The van der Waals surface area contributed by atoms with Crippen molar-refractivity contribution < 1.29 is 9.53 Å². The maximum Gasteiger partial charge on any atom is 0.323 e. The summed E-state index contributed by atoms with van der Waals surface area (Å²) in [4.78, 5) is 24.9. The highest BCUT2D eigenvalue weighted by atomic mass is 16.5. The predicted molar refractivity (Wildman–Crippen MR) is 70.5 cm³/mol. The van der Waals surface area contributed by atoms with E-state index in [4.69, 9.17) is 16.3 Å². The van der Waals surface area contributed by atoms with Crippen LogP contribution in [0.1, 0.15) is 20.8 Å². The molecule has 0 saturated carbocycles. The number of ether oxygens (including phenoxy) is 1. The summed E-state index contributed by atoms with van der Waals surface area (Å²) in [5, 5.41) is 0. The molecule has 19 heavy (non-hydrogen) atoms. The van der Waals surface area contributed by atoms with Gasteiger partial charge in [0.2, 0.25) is 17.8 Å². The van der Waals surface area contributed by atoms with Crippen molar-refractivity contribution in [2.45, 2.75) is 26.8 Å². The number of hydrogen-bond donors (Lipinski definition) is 3. The Morgan fingerprint density at radius 2 is 2.11 bits per heavy atom. The molecule has 1 rings (SSSR count). The van der Waals surface area contributed by atoms with E-state index in [2.05, 4.69) is 20.4 Å². The van der Waals surface area contributed by atoms with E-state index in [0.717, 1.165) is 0 Å². The lowest BCUT2D eigenvalue weighted by molar-refractivity contribution is -0.116. The van der Waals surface area contributed by atoms with Crippen LogP contribution in [-0.2, 0) is 4.79 Å². The lowest BCUT2D eigenvalue weighted by Crippen LogP contribution is -2.40. The minimum Gasteiger partial charge on any atom is -0.464 e. The van der Waals surface area contributed by atoms with Crippen molar-refractivity contribution in [3.05, 3.63) is 0 Å². The van der Waals surface area contributed by atoms with Gasteiger partial charge in [-0.15, -0.1) is 0 Å². The van der Waals surface area contributed by atoms with Gasteiger partial charge in [-0.25, -0.2) is 5.84 Å². The first-order valence-electron chi connectivity index (χ1n) is 5.88. The molecule has 0 bridgehead atoms. The molecule has 0 aromatic carbocycles. The molecular formula is C10H19N7O2. The third-order valence-electron chi connectivity index (χ3n) is 2.21. The van der Waals surface area contributed by atoms with Gasteiger partial charge in [0.15, 0.2) is 0 Å². The minimum absolute atomic E-state index is 0.00272. The number of nitrogens with one attached hydrogen (secondary N) is 1. The normalized spacial score (nSPS) is 10.4. The molecule has 0 aliphatic carbocycles. The Labute approximate surface area is 111 Å². The highest BCUT2D eigenvalue weighted by Gasteiger charge is 2.18. The SMILES string of the molecule is CCOc1nc(NN)nc(N(CC(N)=O)C(C)C)n1. The molecule has 5 N–H and O–H groups in total. The summed E-state index contributed by atoms with van der Waals surface area (Å²) in [6, 6.07) is 0.116. The van der Waals surface area contributed by atoms with Crippen LogP contribution in [0.3, 0.4) is 0 Å². The van der Waals surface area contributed by atoms with Crippen molar-refractivity contribution in [3.8, 4) is 6.01 Å². The average Bonchev–Trinajstić information content (AvgIpc) is 2.35. The maximum absolute atomic E-state index is 11.1. The number of amides is 1. The first-order valence-corrected chi connectivity index (χ1v) is 5.88. The van der Waals surface area contributed by atoms with Crippen molar-refractivity contribution >= 4 is 17.8 Å². The van der Waals surface area contributed by atoms with Gasteiger partial charge in [0, 0.05) is 6.04 Å². The quantitative estimate of drug-likeness (QED) is 0.435. The van der Waals surface area contributed by atoms with Crippen LogP contribution in [-0.4, -0.2) is 40.1 Å². The lowest BCUT2D eigenvalue weighted by atomic mass is 10.3. The van der Waals surface area contributed by atoms with Crippen LogP contribution in [0.2, 0.25) is 0 Å². The fourth-order valence-corrected chi connectivity index (χ4v) is 1.38. The van der Waals surface area contributed by atoms with Crippen LogP contribution < -0.4 is 26.6 Å². The van der Waals surface area contributed by atoms with Gasteiger partial charge in [0.25, 0.3) is 0 Å². The van der Waals surface area contributed by atoms with Gasteiger partial charge < -0.3 is 15.4 Å². The van der Waals surface area contributed by atoms with Gasteiger partial charge in [0.1, 0.15) is 0 Å². The van der Waals surface area contributed by atoms with E-state index in [0.29, 0.717) is 6.61 Å². The van der Waals surface area contributed by atoms with Crippen LogP contribution in [0, 0.1) is 0 Å². The minimum atomic E-state index is -0.477. The van der Waals surface area contributed by atoms with Gasteiger partial charge in [0.05, 0.1) is 13.2 Å². The number of hydrazine groups is 1. The van der Waals surface area contributed by atoms with E-state index in [1.807, 2.05) is 20.8 Å². The number of nitrogens with zero attached hydrogens (tertiary/aromatic N) is 4. The molecule has 0 radical (unpaired) electrons. The van der Waals surface area contributed by atoms with Gasteiger partial charge in [-0.1, -0.05) is 0 Å². The Kier molecular flexibility index (Phi) is 5.24. The van der Waals surface area contributed by atoms with E-state index >= 15 is 0 Å². The summed E-state index contributed by atoms with van der Waals surface area (Å²) in [6.45, 7) is 6.00. The fraction of sp³-hybridized carbons (Fsp3) is 0.600. The molecule has 0 fully saturated rings. The zero-order valence-electron chi connectivity index (χ0n) is 11.3. The number of anilines is 2. The van der Waals surface area contributed by atoms with Crippen molar-refractivity contribution in [3.63, 3.8) is 0 Å². The van der Waals surface area contributed by atoms with Crippen molar-refractivity contribution in [1.29, 1.82) is 0 Å². The van der Waals surface area contributed by atoms with E-state index in [9.17, 15) is 4.79 Å². The Hall–Kier alpha value is -2.16. The Balaban J connectivity index is 3.13. The average molecular weight is 269 g/mol. The van der Waals surface area contributed by atoms with E-state index in [-0.39, 0.29) is 30.5 Å². The van der Waals surface area contributed by atoms with Gasteiger partial charge in [-0.05, 0) is 20.8 Å². The fourth-order valence-electron chi connectivity index (χ4n) is 1.38. The topological polar surface area (TPSA) is 132 Å². The molecule has 106 valence electrons. The maximum atomic E-state index is 11.1. The van der Waals surface area contributed by atoms with Crippen LogP contribution in [0.25, 0.3) is 0 Å². The summed E-state index contributed by atoms with van der Waals surface area (Å²) < 4.78 is 5.22. The van der Waals surface area contributed by atoms with Gasteiger partial charge in [-0.2, -0.15) is 15.0 Å². The van der Waals surface area contributed by atoms with Crippen molar-refractivity contribution in [2.75, 3.05) is 23.5 Å². The Morgan fingerprint density at radius 3 is 2.58 bits per heavy atom. The lowest BCUT2D eigenvalue weighted by Gasteiger charge is -2.25. The standard InChI is InChI=1S/C10H19N7O2/c1-4-19-10-14-8(16-12)13-9(15-10)17(6(2)3)5-7(11)18/h6H,4-5,12H2,1-3H3,(H2,11,18)(H,13,14,15,16). The molecule has 9 heteroatoms. The number of carbonyl (C=O) groups excluding carboxylic acids is 1. The summed E-state index contributed by atoms with van der Waals surface area (Å²) in [7, 11) is 0. The molecule has 0 unspecified atom stereocenters. The van der Waals surface area contributed by atoms with E-state index in [1.54, 1.807) is 4.90 Å². The second-order valence-electron chi connectivity index (χ2n) is 4.01. The third-order valence-corrected chi connectivity index (χ3v) is 2.21. The monoisotopic (exact) mass is 269 g/mol. The van der Waals surface area contributed by atoms with Crippen LogP contribution >= 0.6 is 0 Å². The molecule has 0 atom stereocenters. The summed E-state index contributed by atoms with van der Waals surface area (Å²) in [5.41, 5.74) is 7.54. The second kappa shape index (κ2) is 6.69. The molecule has 0 spiro atoms. The number of nitrogens with two attached hydrogens (primary N) is 2. The third kappa shape index (κ3) is 4.21.